The fraction of sp³-hybridized carbons (Fsp3) is 0.462. The van der Waals surface area contributed by atoms with Gasteiger partial charge in [-0.15, -0.1) is 0 Å². The van der Waals surface area contributed by atoms with Crippen LogP contribution in [0.3, 0.4) is 0 Å². The van der Waals surface area contributed by atoms with Gasteiger partial charge in [-0.3, -0.25) is 13.8 Å². The van der Waals surface area contributed by atoms with Crippen molar-refractivity contribution in [3.05, 3.63) is 70.2 Å². The molecule has 3 unspecified atom stereocenters. The summed E-state index contributed by atoms with van der Waals surface area (Å²) in [6, 6.07) is 16.6. The summed E-state index contributed by atoms with van der Waals surface area (Å²) in [5, 5.41) is 3.84. The molecule has 0 aliphatic carbocycles. The molecule has 0 spiro atoms. The third-order valence-electron chi connectivity index (χ3n) is 5.02. The molecule has 1 aliphatic rings. The van der Waals surface area contributed by atoms with Gasteiger partial charge in [0.05, 0.1) is 12.6 Å². The highest BCUT2D eigenvalue weighted by Gasteiger charge is 2.35. The molecule has 0 saturated carbocycles. The number of carbonyl (C=O) groups excluding carboxylic acids is 2. The number of ether oxygens (including phenoxy) is 1. The number of carbonyl (C=O) groups is 2. The molecule has 1 saturated heterocycles. The van der Waals surface area contributed by atoms with Crippen LogP contribution in [-0.2, 0) is 25.1 Å². The normalized spacial score (nSPS) is 17.2. The van der Waals surface area contributed by atoms with E-state index in [0.717, 1.165) is 10.6 Å². The number of hydrogen-bond donors (Lipinski definition) is 1. The highest BCUT2D eigenvalue weighted by Crippen LogP contribution is 2.29. The van der Waals surface area contributed by atoms with Gasteiger partial charge in [0.1, 0.15) is 6.61 Å². The van der Waals surface area contributed by atoms with Gasteiger partial charge in [-0.05, 0) is 57.5 Å². The van der Waals surface area contributed by atoms with Gasteiger partial charge in [0.2, 0.25) is 11.8 Å². The molecule has 3 atom stereocenters. The molecule has 2 amide bonds. The molecular formula is C26H36Cl2N2O4S. The number of halogens is 2. The van der Waals surface area contributed by atoms with Crippen LogP contribution < -0.4 is 5.32 Å². The quantitative estimate of drug-likeness (QED) is 0.571. The van der Waals surface area contributed by atoms with E-state index >= 15 is 0 Å². The van der Waals surface area contributed by atoms with Crippen LogP contribution in [0.15, 0.2) is 54.6 Å². The average Bonchev–Trinajstić information content (AvgIpc) is 2.80. The SMILES string of the molecule is CC(CS(=O)C(C)(C)C)N1C(=O)COCC1c1ccc(Cl)cc1.CNC(C)=O.Clc1ccccc1. The molecule has 35 heavy (non-hydrogen) atoms. The average molecular weight is 544 g/mol. The van der Waals surface area contributed by atoms with E-state index in [9.17, 15) is 13.8 Å². The van der Waals surface area contributed by atoms with Gasteiger partial charge < -0.3 is 15.0 Å². The van der Waals surface area contributed by atoms with Crippen LogP contribution in [0.4, 0.5) is 0 Å². The van der Waals surface area contributed by atoms with E-state index in [2.05, 4.69) is 5.32 Å². The Morgan fingerprint density at radius 2 is 1.63 bits per heavy atom. The zero-order valence-electron chi connectivity index (χ0n) is 21.2. The summed E-state index contributed by atoms with van der Waals surface area (Å²) in [4.78, 5) is 23.9. The van der Waals surface area contributed by atoms with Gasteiger partial charge in [0.25, 0.3) is 0 Å². The summed E-state index contributed by atoms with van der Waals surface area (Å²) in [6.45, 7) is 9.81. The third kappa shape index (κ3) is 11.6. The van der Waals surface area contributed by atoms with Gasteiger partial charge in [-0.2, -0.15) is 0 Å². The second kappa shape index (κ2) is 15.2. The van der Waals surface area contributed by atoms with Crippen molar-refractivity contribution < 1.29 is 18.5 Å². The monoisotopic (exact) mass is 542 g/mol. The number of nitrogens with one attached hydrogen (secondary N) is 1. The molecule has 1 fully saturated rings. The fourth-order valence-corrected chi connectivity index (χ4v) is 4.42. The van der Waals surface area contributed by atoms with E-state index in [0.29, 0.717) is 17.4 Å². The predicted octanol–water partition coefficient (Wildman–Crippen LogP) is 5.27. The highest BCUT2D eigenvalue weighted by atomic mass is 35.5. The van der Waals surface area contributed by atoms with Crippen LogP contribution >= 0.6 is 23.2 Å². The van der Waals surface area contributed by atoms with Crippen molar-refractivity contribution in [2.24, 2.45) is 0 Å². The minimum absolute atomic E-state index is 0.00463. The first-order valence-electron chi connectivity index (χ1n) is 11.3. The van der Waals surface area contributed by atoms with Crippen molar-refractivity contribution in [2.75, 3.05) is 26.0 Å². The lowest BCUT2D eigenvalue weighted by atomic mass is 10.0. The van der Waals surface area contributed by atoms with Gasteiger partial charge in [-0.1, -0.05) is 53.5 Å². The Morgan fingerprint density at radius 3 is 2.06 bits per heavy atom. The number of hydrogen-bond acceptors (Lipinski definition) is 4. The lowest BCUT2D eigenvalue weighted by Crippen LogP contribution is -2.51. The topological polar surface area (TPSA) is 75.7 Å². The van der Waals surface area contributed by atoms with Crippen molar-refractivity contribution in [3.63, 3.8) is 0 Å². The number of nitrogens with zero attached hydrogens (tertiary/aromatic N) is 1. The Bertz CT molecular complexity index is 950. The second-order valence-electron chi connectivity index (χ2n) is 8.96. The van der Waals surface area contributed by atoms with Crippen LogP contribution in [0.1, 0.15) is 46.2 Å². The summed E-state index contributed by atoms with van der Waals surface area (Å²) in [5.41, 5.74) is 0.982. The Balaban J connectivity index is 0.000000417. The van der Waals surface area contributed by atoms with E-state index in [1.165, 1.54) is 6.92 Å². The first-order valence-corrected chi connectivity index (χ1v) is 13.4. The van der Waals surface area contributed by atoms with Crippen molar-refractivity contribution in [3.8, 4) is 0 Å². The maximum atomic E-state index is 12.4. The summed E-state index contributed by atoms with van der Waals surface area (Å²) in [6.07, 6.45) is 0. The van der Waals surface area contributed by atoms with Gasteiger partial charge in [-0.25, -0.2) is 0 Å². The lowest BCUT2D eigenvalue weighted by molar-refractivity contribution is -0.151. The predicted molar refractivity (Wildman–Crippen MR) is 145 cm³/mol. The van der Waals surface area contributed by atoms with Gasteiger partial charge in [0, 0.05) is 51.4 Å². The smallest absolute Gasteiger partial charge is 0.249 e. The molecule has 3 rings (SSSR count). The fourth-order valence-electron chi connectivity index (χ4n) is 3.05. The molecule has 0 bridgehead atoms. The zero-order valence-corrected chi connectivity index (χ0v) is 23.5. The molecule has 194 valence electrons. The van der Waals surface area contributed by atoms with E-state index in [-0.39, 0.29) is 35.3 Å². The molecule has 2 aromatic carbocycles. The van der Waals surface area contributed by atoms with E-state index in [4.69, 9.17) is 27.9 Å². The van der Waals surface area contributed by atoms with Crippen LogP contribution in [0.2, 0.25) is 10.0 Å². The van der Waals surface area contributed by atoms with Crippen LogP contribution in [-0.4, -0.2) is 57.7 Å². The summed E-state index contributed by atoms with van der Waals surface area (Å²) in [7, 11) is 0.585. The van der Waals surface area contributed by atoms with E-state index in [1.54, 1.807) is 7.05 Å². The number of morpholine rings is 1. The largest absolute Gasteiger partial charge is 0.369 e. The number of amides is 2. The number of rotatable bonds is 4. The number of benzene rings is 2. The maximum absolute atomic E-state index is 12.4. The maximum Gasteiger partial charge on any atom is 0.249 e. The molecule has 6 nitrogen and oxygen atoms in total. The zero-order chi connectivity index (χ0) is 26.6. The molecule has 9 heteroatoms. The minimum atomic E-state index is -1.01. The summed E-state index contributed by atoms with van der Waals surface area (Å²) >= 11 is 11.5. The van der Waals surface area contributed by atoms with Crippen LogP contribution in [0, 0.1) is 0 Å². The van der Waals surface area contributed by atoms with E-state index < -0.39 is 10.8 Å². The van der Waals surface area contributed by atoms with Crippen molar-refractivity contribution in [1.82, 2.24) is 10.2 Å². The summed E-state index contributed by atoms with van der Waals surface area (Å²) in [5.74, 6) is 0.402. The van der Waals surface area contributed by atoms with E-state index in [1.807, 2.05) is 87.2 Å². The molecule has 1 aliphatic heterocycles. The van der Waals surface area contributed by atoms with Gasteiger partial charge in [0.15, 0.2) is 0 Å². The molecular weight excluding hydrogens is 507 g/mol. The van der Waals surface area contributed by atoms with Crippen LogP contribution in [0.25, 0.3) is 0 Å². The molecule has 1 heterocycles. The van der Waals surface area contributed by atoms with Crippen molar-refractivity contribution in [1.29, 1.82) is 0 Å². The highest BCUT2D eigenvalue weighted by molar-refractivity contribution is 7.86. The Hall–Kier alpha value is -1.93. The molecule has 0 radical (unpaired) electrons. The third-order valence-corrected chi connectivity index (χ3v) is 7.67. The molecule has 1 N–H and O–H groups in total. The Morgan fingerprint density at radius 1 is 1.11 bits per heavy atom. The van der Waals surface area contributed by atoms with Crippen molar-refractivity contribution >= 4 is 45.8 Å². The Labute approximate surface area is 221 Å². The summed E-state index contributed by atoms with van der Waals surface area (Å²) < 4.78 is 17.6. The van der Waals surface area contributed by atoms with Crippen molar-refractivity contribution in [2.45, 2.75) is 51.4 Å². The first-order chi connectivity index (χ1) is 16.4. The molecule has 2 aromatic rings. The van der Waals surface area contributed by atoms with Crippen LogP contribution in [0.5, 0.6) is 0 Å². The minimum Gasteiger partial charge on any atom is -0.369 e. The molecule has 0 aromatic heterocycles. The first kappa shape index (κ1) is 31.1. The lowest BCUT2D eigenvalue weighted by Gasteiger charge is -2.40. The standard InChI is InChI=1S/C17H24ClNO3S.C6H5Cl.C3H7NO/c1-12(11-23(21)17(2,3)4)19-15(9-22-10-16(19)20)13-5-7-14(18)8-6-13;7-6-4-2-1-3-5-6;1-3(5)4-2/h5-8,12,15H,9-11H2,1-4H3;1-5H;1-2H3,(H,4,5). The van der Waals surface area contributed by atoms with Gasteiger partial charge >= 0.3 is 0 Å². The Kier molecular flexibility index (Phi) is 13.5. The second-order valence-corrected chi connectivity index (χ2v) is 12.1.